The summed E-state index contributed by atoms with van der Waals surface area (Å²) >= 11 is 4.22. The second-order valence-corrected chi connectivity index (χ2v) is 3.48. The smallest absolute Gasteiger partial charge is 0.320 e. The van der Waals surface area contributed by atoms with Crippen molar-refractivity contribution in [1.82, 2.24) is 0 Å². The Balaban J connectivity index is 3.46. The Morgan fingerprint density at radius 1 is 1.42 bits per heavy atom. The average molecular weight is 192 g/mol. The molecular weight excluding hydrogens is 176 g/mol. The molecule has 0 heterocycles. The number of nitrogens with two attached hydrogens (primary N) is 2. The van der Waals surface area contributed by atoms with Crippen molar-refractivity contribution in [3.63, 3.8) is 0 Å². The largest absolute Gasteiger partial charge is 0.480 e. The lowest BCUT2D eigenvalue weighted by Gasteiger charge is -2.10. The van der Waals surface area contributed by atoms with Gasteiger partial charge < -0.3 is 16.6 Å². The number of hydrogen-bond donors (Lipinski definition) is 4. The van der Waals surface area contributed by atoms with Crippen molar-refractivity contribution in [2.75, 3.05) is 6.54 Å². The van der Waals surface area contributed by atoms with Gasteiger partial charge in [-0.15, -0.1) is 0 Å². The van der Waals surface area contributed by atoms with E-state index in [9.17, 15) is 4.79 Å². The summed E-state index contributed by atoms with van der Waals surface area (Å²) in [5.74, 6) is -0.955. The lowest BCUT2D eigenvalue weighted by Crippen LogP contribution is -2.30. The third-order valence-electron chi connectivity index (χ3n) is 1.63. The number of carbonyl (C=O) groups is 1. The molecule has 0 saturated heterocycles. The van der Waals surface area contributed by atoms with Gasteiger partial charge in [-0.3, -0.25) is 4.79 Å². The molecule has 0 saturated carbocycles. The predicted molar refractivity (Wildman–Crippen MR) is 51.3 cm³/mol. The molecule has 12 heavy (non-hydrogen) atoms. The van der Waals surface area contributed by atoms with Crippen molar-refractivity contribution >= 4 is 18.6 Å². The standard InChI is InChI=1S/C7H16N2O2S/c8-4-3-5(12)1-2-6(9)7(10)11/h5-6,12H,1-4,8-9H2,(H,10,11). The second-order valence-electron chi connectivity index (χ2n) is 2.75. The molecule has 0 bridgehead atoms. The van der Waals surface area contributed by atoms with Crippen LogP contribution in [0, 0.1) is 0 Å². The van der Waals surface area contributed by atoms with E-state index in [1.807, 2.05) is 0 Å². The maximum atomic E-state index is 10.3. The van der Waals surface area contributed by atoms with Crippen LogP contribution in [0.25, 0.3) is 0 Å². The highest BCUT2D eigenvalue weighted by Gasteiger charge is 2.12. The second kappa shape index (κ2) is 6.28. The molecule has 2 unspecified atom stereocenters. The van der Waals surface area contributed by atoms with E-state index in [0.717, 1.165) is 6.42 Å². The lowest BCUT2D eigenvalue weighted by molar-refractivity contribution is -0.138. The summed E-state index contributed by atoms with van der Waals surface area (Å²) in [4.78, 5) is 10.3. The molecule has 0 fully saturated rings. The van der Waals surface area contributed by atoms with E-state index in [-0.39, 0.29) is 5.25 Å². The molecule has 5 N–H and O–H groups in total. The molecule has 2 atom stereocenters. The van der Waals surface area contributed by atoms with Crippen molar-refractivity contribution in [2.24, 2.45) is 11.5 Å². The van der Waals surface area contributed by atoms with Crippen LogP contribution in [0.3, 0.4) is 0 Å². The zero-order valence-electron chi connectivity index (χ0n) is 6.94. The molecule has 0 radical (unpaired) electrons. The highest BCUT2D eigenvalue weighted by molar-refractivity contribution is 7.80. The van der Waals surface area contributed by atoms with Gasteiger partial charge in [0.05, 0.1) is 0 Å². The molecule has 4 nitrogen and oxygen atoms in total. The summed E-state index contributed by atoms with van der Waals surface area (Å²) < 4.78 is 0. The Bertz CT molecular complexity index is 143. The van der Waals surface area contributed by atoms with Gasteiger partial charge >= 0.3 is 5.97 Å². The zero-order chi connectivity index (χ0) is 9.56. The van der Waals surface area contributed by atoms with Gasteiger partial charge in [-0.05, 0) is 25.8 Å². The summed E-state index contributed by atoms with van der Waals surface area (Å²) in [5, 5.41) is 8.62. The summed E-state index contributed by atoms with van der Waals surface area (Å²) in [6.07, 6.45) is 1.97. The molecule has 0 aromatic rings. The third kappa shape index (κ3) is 5.40. The van der Waals surface area contributed by atoms with E-state index in [0.29, 0.717) is 19.4 Å². The number of aliphatic carboxylic acids is 1. The molecule has 0 amide bonds. The van der Waals surface area contributed by atoms with Gasteiger partial charge in [0.25, 0.3) is 0 Å². The van der Waals surface area contributed by atoms with Crippen molar-refractivity contribution in [3.05, 3.63) is 0 Å². The first-order chi connectivity index (χ1) is 5.57. The van der Waals surface area contributed by atoms with Gasteiger partial charge in [0.1, 0.15) is 6.04 Å². The maximum Gasteiger partial charge on any atom is 0.320 e. The maximum absolute atomic E-state index is 10.3. The van der Waals surface area contributed by atoms with Gasteiger partial charge in [-0.2, -0.15) is 12.6 Å². The molecule has 72 valence electrons. The first-order valence-electron chi connectivity index (χ1n) is 3.94. The summed E-state index contributed by atoms with van der Waals surface area (Å²) in [6, 6.07) is -0.766. The summed E-state index contributed by atoms with van der Waals surface area (Å²) in [6.45, 7) is 0.580. The van der Waals surface area contributed by atoms with Gasteiger partial charge in [-0.1, -0.05) is 0 Å². The summed E-state index contributed by atoms with van der Waals surface area (Å²) in [5.41, 5.74) is 10.6. The molecular formula is C7H16N2O2S. The quantitative estimate of drug-likeness (QED) is 0.440. The third-order valence-corrected chi connectivity index (χ3v) is 2.14. The van der Waals surface area contributed by atoms with Crippen molar-refractivity contribution in [3.8, 4) is 0 Å². The molecule has 0 rings (SSSR count). The van der Waals surface area contributed by atoms with Gasteiger partial charge in [0.2, 0.25) is 0 Å². The zero-order valence-corrected chi connectivity index (χ0v) is 7.83. The topological polar surface area (TPSA) is 89.3 Å². The van der Waals surface area contributed by atoms with E-state index >= 15 is 0 Å². The molecule has 0 aliphatic rings. The van der Waals surface area contributed by atoms with Crippen LogP contribution in [0.15, 0.2) is 0 Å². The Morgan fingerprint density at radius 3 is 2.42 bits per heavy atom. The minimum Gasteiger partial charge on any atom is -0.480 e. The van der Waals surface area contributed by atoms with Crippen LogP contribution < -0.4 is 11.5 Å². The van der Waals surface area contributed by atoms with E-state index in [2.05, 4.69) is 12.6 Å². The van der Waals surface area contributed by atoms with Gasteiger partial charge in [0, 0.05) is 5.25 Å². The SMILES string of the molecule is NCCC(S)CCC(N)C(=O)O. The monoisotopic (exact) mass is 192 g/mol. The van der Waals surface area contributed by atoms with E-state index in [4.69, 9.17) is 16.6 Å². The number of carboxylic acid groups (broad SMARTS) is 1. The van der Waals surface area contributed by atoms with Gasteiger partial charge in [-0.25, -0.2) is 0 Å². The predicted octanol–water partition coefficient (Wildman–Crippen LogP) is -0.174. The minimum absolute atomic E-state index is 0.167. The molecule has 0 spiro atoms. The lowest BCUT2D eigenvalue weighted by atomic mass is 10.1. The first kappa shape index (κ1) is 11.7. The van der Waals surface area contributed by atoms with Crippen LogP contribution in [0.1, 0.15) is 19.3 Å². The molecule has 0 aliphatic carbocycles. The van der Waals surface area contributed by atoms with Crippen LogP contribution in [-0.2, 0) is 4.79 Å². The number of thiol groups is 1. The number of carboxylic acids is 1. The van der Waals surface area contributed by atoms with Crippen LogP contribution in [0.2, 0.25) is 0 Å². The highest BCUT2D eigenvalue weighted by Crippen LogP contribution is 2.09. The first-order valence-corrected chi connectivity index (χ1v) is 4.46. The Kier molecular flexibility index (Phi) is 6.14. The molecule has 0 aromatic carbocycles. The van der Waals surface area contributed by atoms with Crippen LogP contribution in [-0.4, -0.2) is 28.9 Å². The molecule has 0 aliphatic heterocycles. The minimum atomic E-state index is -0.955. The Morgan fingerprint density at radius 2 is 2.00 bits per heavy atom. The normalized spacial score (nSPS) is 15.6. The van der Waals surface area contributed by atoms with Gasteiger partial charge in [0.15, 0.2) is 0 Å². The fraction of sp³-hybridized carbons (Fsp3) is 0.857. The molecule has 5 heteroatoms. The average Bonchev–Trinajstić information content (AvgIpc) is 2.00. The summed E-state index contributed by atoms with van der Waals surface area (Å²) in [7, 11) is 0. The fourth-order valence-corrected chi connectivity index (χ4v) is 1.13. The Hall–Kier alpha value is -0.260. The Labute approximate surface area is 77.7 Å². The van der Waals surface area contributed by atoms with E-state index in [1.165, 1.54) is 0 Å². The van der Waals surface area contributed by atoms with Crippen molar-refractivity contribution in [2.45, 2.75) is 30.6 Å². The van der Waals surface area contributed by atoms with Crippen LogP contribution >= 0.6 is 12.6 Å². The fourth-order valence-electron chi connectivity index (χ4n) is 0.832. The molecule has 0 aromatic heterocycles. The van der Waals surface area contributed by atoms with E-state index < -0.39 is 12.0 Å². The van der Waals surface area contributed by atoms with Crippen molar-refractivity contribution in [1.29, 1.82) is 0 Å². The number of hydrogen-bond acceptors (Lipinski definition) is 4. The van der Waals surface area contributed by atoms with E-state index in [1.54, 1.807) is 0 Å². The van der Waals surface area contributed by atoms with Crippen LogP contribution in [0.5, 0.6) is 0 Å². The highest BCUT2D eigenvalue weighted by atomic mass is 32.1. The number of rotatable bonds is 6. The van der Waals surface area contributed by atoms with Crippen molar-refractivity contribution < 1.29 is 9.90 Å². The van der Waals surface area contributed by atoms with Crippen LogP contribution in [0.4, 0.5) is 0 Å².